The van der Waals surface area contributed by atoms with Crippen molar-refractivity contribution in [1.29, 1.82) is 0 Å². The van der Waals surface area contributed by atoms with Gasteiger partial charge in [-0.2, -0.15) is 0 Å². The van der Waals surface area contributed by atoms with Gasteiger partial charge in [0.25, 0.3) is 0 Å². The molecule has 24 heavy (non-hydrogen) atoms. The molecule has 0 radical (unpaired) electrons. The summed E-state index contributed by atoms with van der Waals surface area (Å²) in [5.41, 5.74) is -0.0177. The number of nitrogens with zero attached hydrogens (tertiary/aromatic N) is 3. The molecule has 1 amide bonds. The van der Waals surface area contributed by atoms with Crippen molar-refractivity contribution in [3.05, 3.63) is 24.0 Å². The number of amides is 1. The van der Waals surface area contributed by atoms with Crippen molar-refractivity contribution < 1.29 is 19.4 Å². The minimum absolute atomic E-state index is 0.414. The van der Waals surface area contributed by atoms with Crippen LogP contribution in [-0.4, -0.2) is 71.4 Å². The van der Waals surface area contributed by atoms with Crippen LogP contribution in [0.3, 0.4) is 0 Å². The number of hydrogen-bond donors (Lipinski definition) is 1. The molecule has 1 aliphatic rings. The molecule has 2 atom stereocenters. The number of ether oxygens (including phenoxy) is 2. The van der Waals surface area contributed by atoms with Crippen LogP contribution >= 0.6 is 0 Å². The Morgan fingerprint density at radius 3 is 2.75 bits per heavy atom. The standard InChI is InChI=1S/C17H27N3O4/c1-17(2,3)24-16(22)20-9-8-19(4)11-13(20)15(21)12-10-18-7-6-14(12)23-5/h6-7,10,13,15,21H,8-9,11H2,1-5H3/t13-,15?/m1/s1. The van der Waals surface area contributed by atoms with Gasteiger partial charge in [0.05, 0.1) is 13.2 Å². The lowest BCUT2D eigenvalue weighted by Gasteiger charge is -2.42. The molecule has 1 aliphatic heterocycles. The van der Waals surface area contributed by atoms with Gasteiger partial charge in [0, 0.05) is 37.6 Å². The van der Waals surface area contributed by atoms with Crippen molar-refractivity contribution in [2.45, 2.75) is 38.5 Å². The SMILES string of the molecule is COc1ccncc1C(O)[C@H]1CN(C)CCN1C(=O)OC(C)(C)C. The van der Waals surface area contributed by atoms with Crippen LogP contribution in [-0.2, 0) is 4.74 Å². The Bertz CT molecular complexity index is 573. The average molecular weight is 337 g/mol. The number of carbonyl (C=O) groups excluding carboxylic acids is 1. The van der Waals surface area contributed by atoms with Gasteiger partial charge in [0.2, 0.25) is 0 Å². The summed E-state index contributed by atoms with van der Waals surface area (Å²) in [7, 11) is 3.51. The summed E-state index contributed by atoms with van der Waals surface area (Å²) < 4.78 is 10.8. The summed E-state index contributed by atoms with van der Waals surface area (Å²) in [6.07, 6.45) is 1.85. The Hall–Kier alpha value is -1.86. The molecule has 2 rings (SSSR count). The highest BCUT2D eigenvalue weighted by Crippen LogP contribution is 2.30. The van der Waals surface area contributed by atoms with Gasteiger partial charge in [-0.05, 0) is 33.9 Å². The molecule has 1 aromatic heterocycles. The minimum atomic E-state index is -0.913. The molecular weight excluding hydrogens is 310 g/mol. The normalized spacial score (nSPS) is 20.6. The van der Waals surface area contributed by atoms with Gasteiger partial charge < -0.3 is 19.5 Å². The molecule has 0 aromatic carbocycles. The van der Waals surface area contributed by atoms with Crippen LogP contribution in [0.1, 0.15) is 32.4 Å². The second-order valence-electron chi connectivity index (χ2n) is 7.07. The highest BCUT2D eigenvalue weighted by atomic mass is 16.6. The Balaban J connectivity index is 2.26. The monoisotopic (exact) mass is 337 g/mol. The number of carbonyl (C=O) groups is 1. The maximum absolute atomic E-state index is 12.5. The molecule has 1 unspecified atom stereocenters. The number of likely N-dealkylation sites (N-methyl/N-ethyl adjacent to an activating group) is 1. The second-order valence-corrected chi connectivity index (χ2v) is 7.07. The van der Waals surface area contributed by atoms with E-state index < -0.39 is 23.8 Å². The highest BCUT2D eigenvalue weighted by Gasteiger charge is 2.38. The number of aliphatic hydroxyl groups excluding tert-OH is 1. The maximum Gasteiger partial charge on any atom is 0.410 e. The number of rotatable bonds is 3. The van der Waals surface area contributed by atoms with E-state index in [2.05, 4.69) is 9.88 Å². The fraction of sp³-hybridized carbons (Fsp3) is 0.647. The summed E-state index contributed by atoms with van der Waals surface area (Å²) in [4.78, 5) is 20.3. The largest absolute Gasteiger partial charge is 0.496 e. The lowest BCUT2D eigenvalue weighted by atomic mass is 9.99. The van der Waals surface area contributed by atoms with E-state index in [0.717, 1.165) is 6.54 Å². The maximum atomic E-state index is 12.5. The molecule has 1 saturated heterocycles. The summed E-state index contributed by atoms with van der Waals surface area (Å²) in [5, 5.41) is 10.9. The molecule has 0 aliphatic carbocycles. The first-order valence-corrected chi connectivity index (χ1v) is 8.07. The van der Waals surface area contributed by atoms with E-state index in [1.807, 2.05) is 27.8 Å². The highest BCUT2D eigenvalue weighted by molar-refractivity contribution is 5.69. The van der Waals surface area contributed by atoms with E-state index in [1.165, 1.54) is 0 Å². The van der Waals surface area contributed by atoms with E-state index in [1.54, 1.807) is 30.5 Å². The van der Waals surface area contributed by atoms with Gasteiger partial charge in [-0.3, -0.25) is 9.88 Å². The van der Waals surface area contributed by atoms with Crippen molar-refractivity contribution >= 4 is 6.09 Å². The zero-order valence-corrected chi connectivity index (χ0v) is 15.0. The zero-order chi connectivity index (χ0) is 17.9. The smallest absolute Gasteiger partial charge is 0.410 e. The van der Waals surface area contributed by atoms with Crippen molar-refractivity contribution in [1.82, 2.24) is 14.8 Å². The van der Waals surface area contributed by atoms with Gasteiger partial charge in [0.1, 0.15) is 17.5 Å². The molecule has 0 saturated carbocycles. The van der Waals surface area contributed by atoms with E-state index in [0.29, 0.717) is 24.4 Å². The average Bonchev–Trinajstić information content (AvgIpc) is 2.52. The van der Waals surface area contributed by atoms with E-state index in [4.69, 9.17) is 9.47 Å². The minimum Gasteiger partial charge on any atom is -0.496 e. The number of hydrogen-bond acceptors (Lipinski definition) is 6. The van der Waals surface area contributed by atoms with E-state index in [-0.39, 0.29) is 0 Å². The molecule has 7 nitrogen and oxygen atoms in total. The third kappa shape index (κ3) is 4.36. The predicted molar refractivity (Wildman–Crippen MR) is 90.0 cm³/mol. The van der Waals surface area contributed by atoms with Crippen molar-refractivity contribution in [3.63, 3.8) is 0 Å². The molecule has 0 spiro atoms. The molecule has 1 aromatic rings. The van der Waals surface area contributed by atoms with Crippen LogP contribution in [0, 0.1) is 0 Å². The lowest BCUT2D eigenvalue weighted by Crippen LogP contribution is -2.57. The van der Waals surface area contributed by atoms with Crippen LogP contribution in [0.25, 0.3) is 0 Å². The van der Waals surface area contributed by atoms with Gasteiger partial charge >= 0.3 is 6.09 Å². The molecule has 2 heterocycles. The van der Waals surface area contributed by atoms with Gasteiger partial charge in [-0.25, -0.2) is 4.79 Å². The number of methoxy groups -OCH3 is 1. The number of aromatic nitrogens is 1. The summed E-state index contributed by atoms with van der Waals surface area (Å²) in [6.45, 7) is 7.25. The molecule has 0 bridgehead atoms. The third-order valence-corrected chi connectivity index (χ3v) is 3.96. The van der Waals surface area contributed by atoms with E-state index >= 15 is 0 Å². The second kappa shape index (κ2) is 7.36. The number of pyridine rings is 1. The first-order valence-electron chi connectivity index (χ1n) is 8.07. The molecule has 1 N–H and O–H groups in total. The van der Waals surface area contributed by atoms with Crippen LogP contribution in [0.2, 0.25) is 0 Å². The van der Waals surface area contributed by atoms with Crippen LogP contribution in [0.15, 0.2) is 18.5 Å². The molecule has 1 fully saturated rings. The Labute approximate surface area is 143 Å². The molecule has 134 valence electrons. The fourth-order valence-corrected chi connectivity index (χ4v) is 2.78. The van der Waals surface area contributed by atoms with Crippen molar-refractivity contribution in [2.75, 3.05) is 33.8 Å². The van der Waals surface area contributed by atoms with Crippen LogP contribution in [0.5, 0.6) is 5.75 Å². The zero-order valence-electron chi connectivity index (χ0n) is 15.0. The summed E-state index contributed by atoms with van der Waals surface area (Å²) in [6, 6.07) is 1.26. The van der Waals surface area contributed by atoms with Gasteiger partial charge in [0.15, 0.2) is 0 Å². The lowest BCUT2D eigenvalue weighted by molar-refractivity contribution is -0.0295. The Morgan fingerprint density at radius 1 is 1.42 bits per heavy atom. The van der Waals surface area contributed by atoms with Crippen molar-refractivity contribution in [2.24, 2.45) is 0 Å². The van der Waals surface area contributed by atoms with Crippen LogP contribution in [0.4, 0.5) is 4.79 Å². The molecule has 7 heteroatoms. The fourth-order valence-electron chi connectivity index (χ4n) is 2.78. The Morgan fingerprint density at radius 2 is 2.12 bits per heavy atom. The quantitative estimate of drug-likeness (QED) is 0.904. The number of piperazine rings is 1. The Kier molecular flexibility index (Phi) is 5.66. The van der Waals surface area contributed by atoms with Crippen molar-refractivity contribution in [3.8, 4) is 5.75 Å². The van der Waals surface area contributed by atoms with Gasteiger partial charge in [-0.15, -0.1) is 0 Å². The summed E-state index contributed by atoms with van der Waals surface area (Å²) >= 11 is 0. The van der Waals surface area contributed by atoms with Crippen LogP contribution < -0.4 is 4.74 Å². The van der Waals surface area contributed by atoms with E-state index in [9.17, 15) is 9.90 Å². The third-order valence-electron chi connectivity index (χ3n) is 3.96. The summed E-state index contributed by atoms with van der Waals surface area (Å²) in [5.74, 6) is 0.551. The van der Waals surface area contributed by atoms with Gasteiger partial charge in [-0.1, -0.05) is 0 Å². The first-order chi connectivity index (χ1) is 11.2. The first kappa shape index (κ1) is 18.5. The number of aliphatic hydroxyl groups is 1. The topological polar surface area (TPSA) is 75.1 Å². The predicted octanol–water partition coefficient (Wildman–Crippen LogP) is 1.67. The molecular formula is C17H27N3O4.